The minimum atomic E-state index is -4.03. The Morgan fingerprint density at radius 2 is 1.71 bits per heavy atom. The first-order valence-electron chi connectivity index (χ1n) is 18.3. The van der Waals surface area contributed by atoms with Gasteiger partial charge in [-0.25, -0.2) is 0 Å². The van der Waals surface area contributed by atoms with Gasteiger partial charge >= 0.3 is 0 Å². The zero-order chi connectivity index (χ0) is 36.5. The van der Waals surface area contributed by atoms with Crippen LogP contribution in [0.15, 0.2) is 0 Å². The number of fused-ring (bicyclic) bond motifs is 5. The van der Waals surface area contributed by atoms with Crippen LogP contribution in [0, 0.1) is 78.4 Å². The molecule has 4 saturated carbocycles. The third kappa shape index (κ3) is 9.16. The molecule has 14 nitrogen and oxygen atoms in total. The van der Waals surface area contributed by atoms with E-state index >= 15 is 0 Å². The van der Waals surface area contributed by atoms with Gasteiger partial charge in [0.15, 0.2) is 0 Å². The molecule has 49 heavy (non-hydrogen) atoms. The molecule has 0 aromatic carbocycles. The van der Waals surface area contributed by atoms with Gasteiger partial charge < -0.3 is 19.5 Å². The van der Waals surface area contributed by atoms with Crippen molar-refractivity contribution in [1.29, 1.82) is 0 Å². The number of quaternary nitrogens is 1. The van der Waals surface area contributed by atoms with Crippen molar-refractivity contribution in [2.24, 2.45) is 58.2 Å². The van der Waals surface area contributed by atoms with Gasteiger partial charge in [0.2, 0.25) is 5.91 Å². The molecule has 2 N–H and O–H groups in total. The average Bonchev–Trinajstić information content (AvgIpc) is 3.31. The number of hydrogen-bond donors (Lipinski definition) is 2. The molecule has 0 radical (unpaired) electrons. The molecule has 282 valence electrons. The van der Waals surface area contributed by atoms with E-state index in [1.165, 1.54) is 0 Å². The molecule has 15 heteroatoms. The molecule has 0 bridgehead atoms. The number of nitrogens with zero attached hydrogens (tertiary/aromatic N) is 3. The Kier molecular flexibility index (Phi) is 12.2. The standard InChI is InChI=1S/C34H60N4O10S/c1-22-13-14-33(4)25(17-22)18-29(47-36(40)41)32-27-11-10-26(34(27,5)30(19-28(32)33)48-37(42)43)24(3)9-12-31(39)35-15-8-16-38(6,7)20-23(2)21-49(44,45)46/h22-30,32H,8-21H2,1-7H3,(H-,35,39,44,45,46)/p+1/t22-,23?,24-,25?,26-,27?,28?,29?,30?,32?,33+,34-/m1/s1. The van der Waals surface area contributed by atoms with Crippen molar-refractivity contribution in [3.63, 3.8) is 0 Å². The summed E-state index contributed by atoms with van der Waals surface area (Å²) in [6.07, 6.45) is 6.24. The quantitative estimate of drug-likeness (QED) is 0.0708. The highest BCUT2D eigenvalue weighted by molar-refractivity contribution is 7.85. The third-order valence-electron chi connectivity index (χ3n) is 13.6. The minimum absolute atomic E-state index is 0.0266. The summed E-state index contributed by atoms with van der Waals surface area (Å²) in [5, 5.41) is 25.4. The molecule has 4 rings (SSSR count). The summed E-state index contributed by atoms with van der Waals surface area (Å²) in [6.45, 7) is 12.3. The fraction of sp³-hybridized carbons (Fsp3) is 0.971. The fourth-order valence-corrected chi connectivity index (χ4v) is 12.4. The Morgan fingerprint density at radius 1 is 1.04 bits per heavy atom. The number of amides is 1. The maximum atomic E-state index is 12.9. The highest BCUT2D eigenvalue weighted by Crippen LogP contribution is 2.69. The lowest BCUT2D eigenvalue weighted by Gasteiger charge is -2.64. The molecule has 4 aliphatic carbocycles. The molecular formula is C34H61N4O10S+. The molecule has 12 atom stereocenters. The number of hydrogen-bond acceptors (Lipinski definition) is 9. The summed E-state index contributed by atoms with van der Waals surface area (Å²) < 4.78 is 32.1. The van der Waals surface area contributed by atoms with E-state index in [1.807, 2.05) is 14.1 Å². The van der Waals surface area contributed by atoms with Gasteiger partial charge in [-0.1, -0.05) is 41.0 Å². The van der Waals surface area contributed by atoms with Gasteiger partial charge in [-0.2, -0.15) is 8.42 Å². The summed E-state index contributed by atoms with van der Waals surface area (Å²) in [4.78, 5) is 47.7. The fourth-order valence-electron chi connectivity index (χ4n) is 11.5. The Labute approximate surface area is 292 Å². The van der Waals surface area contributed by atoms with E-state index in [4.69, 9.17) is 14.2 Å². The zero-order valence-corrected chi connectivity index (χ0v) is 31.4. The second-order valence-electron chi connectivity index (χ2n) is 17.5. The topological polar surface area (TPSA) is 188 Å². The van der Waals surface area contributed by atoms with Gasteiger partial charge in [-0.05, 0) is 91.8 Å². The summed E-state index contributed by atoms with van der Waals surface area (Å²) in [5.74, 6) is 0.283. The number of nitrogens with one attached hydrogen (secondary N) is 1. The van der Waals surface area contributed by atoms with E-state index in [0.29, 0.717) is 55.6 Å². The van der Waals surface area contributed by atoms with E-state index in [-0.39, 0.29) is 58.5 Å². The van der Waals surface area contributed by atoms with E-state index in [0.717, 1.165) is 38.6 Å². The van der Waals surface area contributed by atoms with Crippen molar-refractivity contribution < 1.29 is 42.1 Å². The van der Waals surface area contributed by atoms with Crippen LogP contribution in [-0.2, 0) is 24.6 Å². The van der Waals surface area contributed by atoms with Gasteiger partial charge in [0.1, 0.15) is 12.2 Å². The SMILES string of the molecule is CC(C[N+](C)(C)CCCNC(=O)CC[C@@H](C)[C@H]1CCC2C3C(O[N+](=O)[O-])CC4C[C@H](C)CC[C@]4(C)C3CC(O[N+](=O)[O-])[C@@]21C)CS(=O)(=O)O. The maximum Gasteiger partial charge on any atom is 0.294 e. The highest BCUT2D eigenvalue weighted by atomic mass is 32.2. The molecule has 7 unspecified atom stereocenters. The lowest BCUT2D eigenvalue weighted by Crippen LogP contribution is -2.63. The molecule has 0 aliphatic heterocycles. The highest BCUT2D eigenvalue weighted by Gasteiger charge is 2.67. The van der Waals surface area contributed by atoms with Crippen molar-refractivity contribution in [2.45, 2.75) is 111 Å². The number of carbonyl (C=O) groups is 1. The summed E-state index contributed by atoms with van der Waals surface area (Å²) in [7, 11) is -0.0334. The lowest BCUT2D eigenvalue weighted by atomic mass is 9.42. The predicted octanol–water partition coefficient (Wildman–Crippen LogP) is 5.18. The largest absolute Gasteiger partial charge is 0.356 e. The van der Waals surface area contributed by atoms with Crippen LogP contribution in [-0.4, -0.2) is 85.2 Å². The first-order chi connectivity index (χ1) is 22.7. The molecule has 0 aromatic rings. The van der Waals surface area contributed by atoms with E-state index in [1.54, 1.807) is 6.92 Å². The molecule has 4 fully saturated rings. The van der Waals surface area contributed by atoms with Crippen LogP contribution >= 0.6 is 0 Å². The third-order valence-corrected chi connectivity index (χ3v) is 14.6. The van der Waals surface area contributed by atoms with E-state index < -0.39 is 37.9 Å². The predicted molar refractivity (Wildman–Crippen MR) is 182 cm³/mol. The van der Waals surface area contributed by atoms with Crippen LogP contribution in [0.4, 0.5) is 0 Å². The second kappa shape index (κ2) is 15.1. The van der Waals surface area contributed by atoms with Crippen LogP contribution in [0.1, 0.15) is 98.8 Å². The Balaban J connectivity index is 1.41. The number of rotatable bonds is 16. The van der Waals surface area contributed by atoms with Crippen molar-refractivity contribution in [1.82, 2.24) is 5.32 Å². The first kappa shape index (κ1) is 39.5. The van der Waals surface area contributed by atoms with Crippen LogP contribution in [0.5, 0.6) is 0 Å². The molecule has 4 aliphatic rings. The Bertz CT molecular complexity index is 1320. The van der Waals surface area contributed by atoms with Crippen molar-refractivity contribution >= 4 is 16.0 Å². The maximum absolute atomic E-state index is 12.9. The van der Waals surface area contributed by atoms with E-state index in [9.17, 15) is 33.4 Å². The smallest absolute Gasteiger partial charge is 0.294 e. The summed E-state index contributed by atoms with van der Waals surface area (Å²) >= 11 is 0. The van der Waals surface area contributed by atoms with Gasteiger partial charge in [0.25, 0.3) is 20.3 Å². The van der Waals surface area contributed by atoms with Crippen LogP contribution in [0.2, 0.25) is 0 Å². The molecule has 0 spiro atoms. The molecule has 1 amide bonds. The van der Waals surface area contributed by atoms with Crippen LogP contribution in [0.3, 0.4) is 0 Å². The van der Waals surface area contributed by atoms with Gasteiger partial charge in [-0.3, -0.25) is 9.35 Å². The monoisotopic (exact) mass is 717 g/mol. The van der Waals surface area contributed by atoms with Gasteiger partial charge in [0.05, 0.1) is 32.9 Å². The van der Waals surface area contributed by atoms with Crippen LogP contribution < -0.4 is 5.32 Å². The van der Waals surface area contributed by atoms with Gasteiger partial charge in [0, 0.05) is 30.7 Å². The normalized spacial score (nSPS) is 37.1. The Morgan fingerprint density at radius 3 is 2.35 bits per heavy atom. The first-order valence-corrected chi connectivity index (χ1v) is 19.9. The molecule has 0 heterocycles. The minimum Gasteiger partial charge on any atom is -0.356 e. The molecule has 0 saturated heterocycles. The second-order valence-corrected chi connectivity index (χ2v) is 19.0. The zero-order valence-electron chi connectivity index (χ0n) is 30.5. The van der Waals surface area contributed by atoms with Gasteiger partial charge in [-0.15, -0.1) is 20.2 Å². The van der Waals surface area contributed by atoms with Crippen molar-refractivity contribution in [2.75, 3.05) is 39.5 Å². The Hall–Kier alpha value is -2.26. The molecular weight excluding hydrogens is 656 g/mol. The number of carbonyl (C=O) groups excluding carboxylic acids is 1. The van der Waals surface area contributed by atoms with E-state index in [2.05, 4.69) is 33.0 Å². The average molecular weight is 718 g/mol. The summed E-state index contributed by atoms with van der Waals surface area (Å²) in [5.41, 5.74) is -0.676. The molecule has 0 aromatic heterocycles. The van der Waals surface area contributed by atoms with Crippen molar-refractivity contribution in [3.8, 4) is 0 Å². The lowest BCUT2D eigenvalue weighted by molar-refractivity contribution is -0.893. The summed E-state index contributed by atoms with van der Waals surface area (Å²) in [6, 6.07) is 0. The van der Waals surface area contributed by atoms with Crippen LogP contribution in [0.25, 0.3) is 0 Å². The van der Waals surface area contributed by atoms with Crippen molar-refractivity contribution in [3.05, 3.63) is 20.2 Å².